The molecule has 1 heterocycles. The third-order valence-corrected chi connectivity index (χ3v) is 5.44. The fraction of sp³-hybridized carbons (Fsp3) is 0.200. The van der Waals surface area contributed by atoms with Crippen molar-refractivity contribution >= 4 is 17.6 Å². The third-order valence-electron chi connectivity index (χ3n) is 5.44. The van der Waals surface area contributed by atoms with Gasteiger partial charge in [0, 0.05) is 38.3 Å². The first kappa shape index (κ1) is 19.7. The van der Waals surface area contributed by atoms with Crippen LogP contribution in [-0.4, -0.2) is 39.9 Å². The number of carbonyl (C=O) groups is 1. The van der Waals surface area contributed by atoms with Crippen molar-refractivity contribution < 1.29 is 14.9 Å². The van der Waals surface area contributed by atoms with Crippen LogP contribution < -0.4 is 4.99 Å². The Morgan fingerprint density at radius 1 is 0.867 bits per heavy atom. The quantitative estimate of drug-likeness (QED) is 0.493. The molecule has 152 valence electrons. The summed E-state index contributed by atoms with van der Waals surface area (Å²) in [5, 5.41) is 10.2. The molecular weight excluding hydrogens is 374 g/mol. The first-order valence-corrected chi connectivity index (χ1v) is 10.2. The predicted octanol–water partition coefficient (Wildman–Crippen LogP) is 3.15. The van der Waals surface area contributed by atoms with Gasteiger partial charge in [0.15, 0.2) is 0 Å². The normalized spacial score (nSPS) is 14.4. The molecule has 3 aromatic carbocycles. The Balaban J connectivity index is 1.38. The van der Waals surface area contributed by atoms with Crippen LogP contribution in [0.1, 0.15) is 22.3 Å². The van der Waals surface area contributed by atoms with Gasteiger partial charge in [-0.25, -0.2) is 4.79 Å². The fourth-order valence-electron chi connectivity index (χ4n) is 3.64. The van der Waals surface area contributed by atoms with Crippen LogP contribution in [0.15, 0.2) is 78.9 Å². The maximum Gasteiger partial charge on any atom is 0.371 e. The van der Waals surface area contributed by atoms with Crippen molar-refractivity contribution in [2.24, 2.45) is 0 Å². The Bertz CT molecular complexity index is 1050. The van der Waals surface area contributed by atoms with Gasteiger partial charge in [-0.3, -0.25) is 0 Å². The first-order chi connectivity index (χ1) is 14.6. The van der Waals surface area contributed by atoms with Gasteiger partial charge in [-0.2, -0.15) is 4.99 Å². The van der Waals surface area contributed by atoms with Gasteiger partial charge < -0.3 is 14.9 Å². The van der Waals surface area contributed by atoms with Gasteiger partial charge in [0.1, 0.15) is 0 Å². The van der Waals surface area contributed by atoms with Crippen molar-refractivity contribution in [3.63, 3.8) is 0 Å². The Kier molecular flexibility index (Phi) is 5.80. The average Bonchev–Trinajstić information content (AvgIpc) is 3.11. The highest BCUT2D eigenvalue weighted by Gasteiger charge is 2.28. The van der Waals surface area contributed by atoms with Gasteiger partial charge in [-0.15, -0.1) is 0 Å². The second-order valence-corrected chi connectivity index (χ2v) is 7.59. The minimum Gasteiger partial charge on any atom is -0.459 e. The van der Waals surface area contributed by atoms with Crippen LogP contribution in [0.25, 0.3) is 0 Å². The lowest BCUT2D eigenvalue weighted by Gasteiger charge is -2.19. The van der Waals surface area contributed by atoms with E-state index in [-0.39, 0.29) is 11.9 Å². The van der Waals surface area contributed by atoms with Gasteiger partial charge in [-0.05, 0) is 35.7 Å². The number of aliphatic hydroxyl groups excluding tert-OH is 1. The molecule has 0 saturated carbocycles. The molecule has 5 nitrogen and oxygen atoms in total. The van der Waals surface area contributed by atoms with Crippen LogP contribution in [0, 0.1) is 6.92 Å². The number of aryl methyl sites for hydroxylation is 1. The summed E-state index contributed by atoms with van der Waals surface area (Å²) in [5.41, 5.74) is 5.00. The molecule has 1 saturated heterocycles. The summed E-state index contributed by atoms with van der Waals surface area (Å²) in [4.78, 5) is 19.6. The second-order valence-electron chi connectivity index (χ2n) is 7.59. The van der Waals surface area contributed by atoms with E-state index in [0.717, 1.165) is 29.9 Å². The van der Waals surface area contributed by atoms with Crippen LogP contribution in [0.5, 0.6) is 0 Å². The molecule has 5 heteroatoms. The summed E-state index contributed by atoms with van der Waals surface area (Å²) < 4.78 is 0. The van der Waals surface area contributed by atoms with E-state index in [1.807, 2.05) is 76.5 Å². The van der Waals surface area contributed by atoms with Crippen LogP contribution in [0.4, 0.5) is 10.5 Å². The van der Waals surface area contributed by atoms with Gasteiger partial charge in [0.2, 0.25) is 5.69 Å². The average molecular weight is 401 g/mol. The Morgan fingerprint density at radius 3 is 2.20 bits per heavy atom. The molecule has 3 aromatic rings. The smallest absolute Gasteiger partial charge is 0.371 e. The molecule has 0 aromatic heterocycles. The number of carbonyl (C=O) groups excluding carboxylic acids is 1. The van der Waals surface area contributed by atoms with E-state index in [9.17, 15) is 9.90 Å². The number of benzene rings is 3. The molecule has 1 fully saturated rings. The summed E-state index contributed by atoms with van der Waals surface area (Å²) in [6, 6.07) is 25.4. The lowest BCUT2D eigenvalue weighted by Crippen LogP contribution is -2.66. The number of nitrogens with zero attached hydrogens (tertiary/aromatic N) is 2. The molecule has 2 N–H and O–H groups in total. The number of nitrogens with one attached hydrogen (secondary N) is 1. The summed E-state index contributed by atoms with van der Waals surface area (Å²) in [5.74, 6) is 0.116. The molecule has 2 amide bonds. The zero-order chi connectivity index (χ0) is 20.9. The topological polar surface area (TPSA) is 57.8 Å². The fourth-order valence-corrected chi connectivity index (χ4v) is 3.64. The zero-order valence-electron chi connectivity index (χ0n) is 17.1. The summed E-state index contributed by atoms with van der Waals surface area (Å²) >= 11 is 0. The van der Waals surface area contributed by atoms with Crippen molar-refractivity contribution in [3.8, 4) is 0 Å². The number of amides is 2. The Morgan fingerprint density at radius 2 is 1.50 bits per heavy atom. The number of hydrogen-bond donors (Lipinski definition) is 2. The number of urea groups is 1. The monoisotopic (exact) mass is 400 g/mol. The molecule has 0 unspecified atom stereocenters. The standard InChI is InChI=1S/C25H25N3O2/c1-19-7-5-6-10-22(19)18-28-16-15-27(25(28)30)17-20-11-13-23(14-12-20)26-24(29)21-8-3-2-4-9-21/h2-14H,15-18H2,1H3,(H,26,29)/p+1. The maximum atomic E-state index is 12.8. The molecule has 1 aliphatic heterocycles. The third kappa shape index (κ3) is 4.51. The van der Waals surface area contributed by atoms with E-state index in [1.54, 1.807) is 0 Å². The van der Waals surface area contributed by atoms with Crippen molar-refractivity contribution in [2.75, 3.05) is 13.1 Å². The minimum absolute atomic E-state index is 0.0792. The lowest BCUT2D eigenvalue weighted by atomic mass is 10.1. The maximum absolute atomic E-state index is 12.8. The van der Waals surface area contributed by atoms with E-state index in [1.165, 1.54) is 11.1 Å². The lowest BCUT2D eigenvalue weighted by molar-refractivity contribution is -0.364. The Labute approximate surface area is 176 Å². The van der Waals surface area contributed by atoms with Gasteiger partial charge in [-0.1, -0.05) is 54.6 Å². The first-order valence-electron chi connectivity index (χ1n) is 10.2. The van der Waals surface area contributed by atoms with Gasteiger partial charge >= 0.3 is 11.9 Å². The highest BCUT2D eigenvalue weighted by atomic mass is 16.3. The number of rotatable bonds is 6. The van der Waals surface area contributed by atoms with Crippen LogP contribution >= 0.6 is 0 Å². The number of aliphatic hydroxyl groups is 1. The number of hydrogen-bond acceptors (Lipinski definition) is 1. The van der Waals surface area contributed by atoms with Crippen molar-refractivity contribution in [3.05, 3.63) is 101 Å². The molecule has 0 atom stereocenters. The van der Waals surface area contributed by atoms with Crippen LogP contribution in [0.3, 0.4) is 0 Å². The van der Waals surface area contributed by atoms with Crippen LogP contribution in [-0.2, 0) is 13.1 Å². The highest BCUT2D eigenvalue weighted by molar-refractivity contribution is 5.88. The van der Waals surface area contributed by atoms with E-state index in [0.29, 0.717) is 13.1 Å². The summed E-state index contributed by atoms with van der Waals surface area (Å²) in [6.07, 6.45) is 0. The second kappa shape index (κ2) is 8.82. The molecule has 0 bridgehead atoms. The van der Waals surface area contributed by atoms with Crippen molar-refractivity contribution in [2.45, 2.75) is 20.0 Å². The van der Waals surface area contributed by atoms with Crippen molar-refractivity contribution in [1.29, 1.82) is 0 Å². The minimum atomic E-state index is 0.0792. The molecule has 4 rings (SSSR count). The van der Waals surface area contributed by atoms with Crippen molar-refractivity contribution in [1.82, 2.24) is 9.80 Å². The highest BCUT2D eigenvalue weighted by Crippen LogP contribution is 2.18. The predicted molar refractivity (Wildman–Crippen MR) is 118 cm³/mol. The van der Waals surface area contributed by atoms with E-state index in [2.05, 4.69) is 24.0 Å². The summed E-state index contributed by atoms with van der Waals surface area (Å²) in [7, 11) is 0. The summed E-state index contributed by atoms with van der Waals surface area (Å²) in [6.45, 7) is 4.79. The Hall–Kier alpha value is -3.60. The van der Waals surface area contributed by atoms with Gasteiger partial charge in [0.05, 0.1) is 5.56 Å². The molecule has 0 spiro atoms. The molecule has 0 radical (unpaired) electrons. The molecule has 1 aliphatic rings. The zero-order valence-corrected chi connectivity index (χ0v) is 17.1. The molecular formula is C25H26N3O2+. The molecule has 0 aliphatic carbocycles. The molecule has 30 heavy (non-hydrogen) atoms. The van der Waals surface area contributed by atoms with Crippen LogP contribution in [0.2, 0.25) is 0 Å². The SMILES string of the molecule is Cc1ccccc1CN1CCN(Cc2ccc([NH+]=C(O)c3ccccc3)cc2)C1=O. The van der Waals surface area contributed by atoms with E-state index >= 15 is 0 Å². The van der Waals surface area contributed by atoms with E-state index < -0.39 is 0 Å². The van der Waals surface area contributed by atoms with E-state index in [4.69, 9.17) is 0 Å². The largest absolute Gasteiger partial charge is 0.459 e. The van der Waals surface area contributed by atoms with Gasteiger partial charge in [0.25, 0.3) is 0 Å².